The summed E-state index contributed by atoms with van der Waals surface area (Å²) in [6, 6.07) is 0. The first-order valence-electron chi connectivity index (χ1n) is 4.02. The van der Waals surface area contributed by atoms with Crippen molar-refractivity contribution in [3.8, 4) is 0 Å². The summed E-state index contributed by atoms with van der Waals surface area (Å²) in [5, 5.41) is 36.9. The van der Waals surface area contributed by atoms with Crippen LogP contribution < -0.4 is 45.0 Å². The maximum atomic E-state index is 9.50. The van der Waals surface area contributed by atoms with Crippen molar-refractivity contribution in [1.82, 2.24) is 24.6 Å². The van der Waals surface area contributed by atoms with Crippen LogP contribution in [-0.4, -0.2) is 25.2 Å². The van der Waals surface area contributed by atoms with E-state index in [0.717, 1.165) is 0 Å². The van der Waals surface area contributed by atoms with Gasteiger partial charge >= 0.3 is 0 Å². The van der Waals surface area contributed by atoms with Crippen LogP contribution in [0.3, 0.4) is 0 Å². The highest BCUT2D eigenvalue weighted by Gasteiger charge is 1.85. The number of hydrogen-bond acceptors (Lipinski definition) is 6. The summed E-state index contributed by atoms with van der Waals surface area (Å²) in [6.07, 6.45) is -0.940. The molecule has 18 heavy (non-hydrogen) atoms. The minimum Gasteiger partial charge on any atom is -0.855 e. The monoisotopic (exact) mass is 278 g/mol. The van der Waals surface area contributed by atoms with Crippen molar-refractivity contribution >= 4 is 11.9 Å². The third-order valence-electron chi connectivity index (χ3n) is 0.533. The smallest absolute Gasteiger partial charge is 0.0418 e. The number of hydrogen-bond donors (Lipinski definition) is 4. The molecule has 0 aromatic rings. The van der Waals surface area contributed by atoms with Crippen LogP contribution in [0.25, 0.3) is 0 Å². The Morgan fingerprint density at radius 3 is 0.889 bits per heavy atom. The van der Waals surface area contributed by atoms with Gasteiger partial charge in [0.05, 0.1) is 0 Å². The van der Waals surface area contributed by atoms with Gasteiger partial charge in [0.15, 0.2) is 0 Å². The van der Waals surface area contributed by atoms with Gasteiger partial charge in [-0.25, -0.2) is 0 Å². The molecule has 0 radical (unpaired) electrons. The molecule has 0 aliphatic rings. The Balaban J connectivity index is -0.0000000213. The van der Waals surface area contributed by atoms with E-state index in [0.29, 0.717) is 0 Å². The summed E-state index contributed by atoms with van der Waals surface area (Å²) in [7, 11) is 0. The lowest BCUT2D eigenvalue weighted by Gasteiger charge is -2.00. The molecular weight excluding hydrogens is 248 g/mol. The molecule has 16 N–H and O–H groups in total. The molecule has 0 aliphatic carbocycles. The maximum Gasteiger partial charge on any atom is 0.0418 e. The molecule has 0 aromatic carbocycles. The average Bonchev–Trinajstić information content (AvgIpc) is 2.04. The second-order valence-corrected chi connectivity index (χ2v) is 1.82. The Labute approximate surface area is 107 Å². The Morgan fingerprint density at radius 2 is 0.833 bits per heavy atom. The van der Waals surface area contributed by atoms with Crippen molar-refractivity contribution in [2.75, 3.05) is 13.2 Å². The van der Waals surface area contributed by atoms with Crippen LogP contribution in [0.2, 0.25) is 0 Å². The molecule has 0 atom stereocenters. The molecule has 10 heteroatoms. The third-order valence-corrected chi connectivity index (χ3v) is 0.533. The van der Waals surface area contributed by atoms with Gasteiger partial charge in [0.1, 0.15) is 0 Å². The number of carbonyl (C=O) groups is 2. The number of carboxylic acid groups (broad SMARTS) is 2. The fourth-order valence-corrected chi connectivity index (χ4v) is 0.204. The Bertz CT molecular complexity index is 132. The molecule has 0 spiro atoms. The fraction of sp³-hybridized carbons (Fsp3) is 0.750. The first-order chi connectivity index (χ1) is 6.45. The highest BCUT2D eigenvalue weighted by Crippen LogP contribution is 1.81. The predicted molar refractivity (Wildman–Crippen MR) is 64.3 cm³/mol. The molecule has 0 saturated heterocycles. The normalized spacial score (nSPS) is 5.78. The number of carboxylic acids is 2. The standard InChI is InChI=1S/C4H6O4.2C2H5O.4H3N/c5-3(6)1-2-4(7)8;2*1-2-3;;;;/h1-2H2,(H,5,6)(H,7,8);2*2H2,1H3;4*1H3/q;2*-1;;;;/p+2. The first kappa shape index (κ1) is 43.7. The molecule has 0 amide bonds. The quantitative estimate of drug-likeness (QED) is 0.432. The molecule has 118 valence electrons. The van der Waals surface area contributed by atoms with Gasteiger partial charge in [-0.1, -0.05) is 13.8 Å². The van der Waals surface area contributed by atoms with E-state index in [-0.39, 0.29) is 37.8 Å². The van der Waals surface area contributed by atoms with Crippen molar-refractivity contribution < 1.29 is 30.0 Å². The topological polar surface area (TPSA) is 272 Å². The lowest BCUT2D eigenvalue weighted by atomic mass is 10.3. The van der Waals surface area contributed by atoms with E-state index in [1.807, 2.05) is 0 Å². The van der Waals surface area contributed by atoms with Gasteiger partial charge in [0.2, 0.25) is 0 Å². The second-order valence-electron chi connectivity index (χ2n) is 1.82. The van der Waals surface area contributed by atoms with E-state index in [9.17, 15) is 19.8 Å². The summed E-state index contributed by atoms with van der Waals surface area (Å²) in [6.45, 7) is 3.14. The van der Waals surface area contributed by atoms with E-state index in [1.165, 1.54) is 0 Å². The zero-order valence-corrected chi connectivity index (χ0v) is 12.3. The van der Waals surface area contributed by atoms with Crippen LogP contribution in [-0.2, 0) is 9.59 Å². The van der Waals surface area contributed by atoms with Crippen molar-refractivity contribution in [2.45, 2.75) is 26.7 Å². The van der Waals surface area contributed by atoms with Gasteiger partial charge in [0, 0.05) is 11.9 Å². The van der Waals surface area contributed by atoms with E-state index >= 15 is 0 Å². The molecule has 0 aliphatic heterocycles. The molecular formula is C8H30N4O6. The fourth-order valence-electron chi connectivity index (χ4n) is 0.204. The highest BCUT2D eigenvalue weighted by molar-refractivity contribution is 5.72. The van der Waals surface area contributed by atoms with Crippen LogP contribution in [0.1, 0.15) is 26.7 Å². The van der Waals surface area contributed by atoms with Gasteiger partial charge in [-0.05, 0) is 12.8 Å². The summed E-state index contributed by atoms with van der Waals surface area (Å²) >= 11 is 0. The van der Waals surface area contributed by atoms with E-state index < -0.39 is 24.8 Å². The van der Waals surface area contributed by atoms with Gasteiger partial charge in [-0.2, -0.15) is 0 Å². The van der Waals surface area contributed by atoms with Gasteiger partial charge in [-0.15, -0.1) is 13.2 Å². The SMILES string of the molecule is CC[O-].CC[O-].O=C([O-])CCC(=O)[O-].[NH4+].[NH4+].[NH4+].[NH4+]. The average molecular weight is 278 g/mol. The van der Waals surface area contributed by atoms with Gasteiger partial charge in [0.25, 0.3) is 0 Å². The van der Waals surface area contributed by atoms with Crippen molar-refractivity contribution in [3.63, 3.8) is 0 Å². The third kappa shape index (κ3) is 202. The largest absolute Gasteiger partial charge is 0.855 e. The number of aliphatic carboxylic acids is 2. The summed E-state index contributed by atoms with van der Waals surface area (Å²) in [5.41, 5.74) is 0. The molecule has 0 heterocycles. The van der Waals surface area contributed by atoms with Crippen LogP contribution in [0.5, 0.6) is 0 Å². The minimum atomic E-state index is -1.37. The summed E-state index contributed by atoms with van der Waals surface area (Å²) < 4.78 is 0. The van der Waals surface area contributed by atoms with E-state index in [2.05, 4.69) is 0 Å². The zero-order valence-electron chi connectivity index (χ0n) is 12.3. The Hall–Kier alpha value is -1.30. The van der Waals surface area contributed by atoms with Gasteiger partial charge < -0.3 is 54.6 Å². The first-order valence-corrected chi connectivity index (χ1v) is 4.02. The summed E-state index contributed by atoms with van der Waals surface area (Å²) in [4.78, 5) is 19.0. The molecule has 0 aromatic heterocycles. The maximum absolute atomic E-state index is 9.50. The minimum absolute atomic E-state index is 0. The van der Waals surface area contributed by atoms with E-state index in [1.54, 1.807) is 13.8 Å². The molecule has 10 nitrogen and oxygen atoms in total. The lowest BCUT2D eigenvalue weighted by molar-refractivity contribution is -0.362. The van der Waals surface area contributed by atoms with Gasteiger partial charge in [-0.3, -0.25) is 0 Å². The Morgan fingerprint density at radius 1 is 0.722 bits per heavy atom. The zero-order chi connectivity index (χ0) is 12.0. The van der Waals surface area contributed by atoms with Crippen LogP contribution in [0.15, 0.2) is 0 Å². The number of rotatable bonds is 3. The number of carbonyl (C=O) groups excluding carboxylic acids is 2. The Kier molecular flexibility index (Phi) is 109. The lowest BCUT2D eigenvalue weighted by Crippen LogP contribution is -2.27. The molecule has 0 unspecified atom stereocenters. The summed E-state index contributed by atoms with van der Waals surface area (Å²) in [5.74, 6) is -2.73. The van der Waals surface area contributed by atoms with E-state index in [4.69, 9.17) is 10.2 Å². The number of quaternary nitrogens is 4. The predicted octanol–water partition coefficient (Wildman–Crippen LogP) is -2.50. The van der Waals surface area contributed by atoms with Crippen molar-refractivity contribution in [1.29, 1.82) is 0 Å². The van der Waals surface area contributed by atoms with Crippen molar-refractivity contribution in [2.24, 2.45) is 0 Å². The second kappa shape index (κ2) is 44.8. The van der Waals surface area contributed by atoms with Crippen LogP contribution in [0, 0.1) is 0 Å². The van der Waals surface area contributed by atoms with Crippen LogP contribution in [0.4, 0.5) is 0 Å². The van der Waals surface area contributed by atoms with Crippen LogP contribution >= 0.6 is 0 Å². The molecule has 0 bridgehead atoms. The molecule has 0 rings (SSSR count). The van der Waals surface area contributed by atoms with Crippen molar-refractivity contribution in [3.05, 3.63) is 0 Å². The highest BCUT2D eigenvalue weighted by atomic mass is 16.4. The molecule has 0 saturated carbocycles. The molecule has 0 fully saturated rings.